The van der Waals surface area contributed by atoms with Crippen molar-refractivity contribution in [3.05, 3.63) is 76.3 Å². The molecule has 1 heterocycles. The van der Waals surface area contributed by atoms with E-state index in [1.54, 1.807) is 6.07 Å². The van der Waals surface area contributed by atoms with E-state index < -0.39 is 35.3 Å². The topological polar surface area (TPSA) is 104 Å². The summed E-state index contributed by atoms with van der Waals surface area (Å²) in [6, 6.07) is 8.16. The van der Waals surface area contributed by atoms with Gasteiger partial charge in [0, 0.05) is 35.6 Å². The number of anilines is 1. The number of rotatable bonds is 7. The van der Waals surface area contributed by atoms with Crippen LogP contribution >= 0.6 is 11.6 Å². The highest BCUT2D eigenvalue weighted by molar-refractivity contribution is 6.32. The molecule has 0 aliphatic heterocycles. The molecule has 0 spiro atoms. The van der Waals surface area contributed by atoms with Crippen molar-refractivity contribution < 1.29 is 36.6 Å². The molecule has 0 unspecified atom stereocenters. The van der Waals surface area contributed by atoms with E-state index in [0.717, 1.165) is 37.1 Å². The summed E-state index contributed by atoms with van der Waals surface area (Å²) in [6.07, 6.45) is -1.80. The molecule has 2 aromatic carbocycles. The summed E-state index contributed by atoms with van der Waals surface area (Å²) in [4.78, 5) is 28.6. The zero-order valence-electron chi connectivity index (χ0n) is 17.7. The number of carbonyl (C=O) groups is 2. The quantitative estimate of drug-likeness (QED) is 0.392. The van der Waals surface area contributed by atoms with Crippen LogP contribution in [-0.4, -0.2) is 23.2 Å². The molecule has 1 saturated carbocycles. The molecule has 7 nitrogen and oxygen atoms in total. The van der Waals surface area contributed by atoms with Gasteiger partial charge in [0.2, 0.25) is 0 Å². The van der Waals surface area contributed by atoms with E-state index in [9.17, 15) is 27.2 Å². The predicted octanol–water partition coefficient (Wildman–Crippen LogP) is 5.79. The third kappa shape index (κ3) is 5.99. The molecule has 1 aliphatic rings. The van der Waals surface area contributed by atoms with Crippen molar-refractivity contribution in [2.75, 3.05) is 5.32 Å². The number of hydrogen-bond donors (Lipinski definition) is 2. The highest BCUT2D eigenvalue weighted by Gasteiger charge is 2.32. The number of primary amides is 1. The summed E-state index contributed by atoms with van der Waals surface area (Å²) in [5, 5.41) is 2.16. The lowest BCUT2D eigenvalue weighted by Gasteiger charge is -2.15. The average Bonchev–Trinajstić information content (AvgIpc) is 3.61. The summed E-state index contributed by atoms with van der Waals surface area (Å²) in [6.45, 7) is 0. The van der Waals surface area contributed by atoms with Crippen LogP contribution in [0.5, 0.6) is 17.2 Å². The first kappa shape index (κ1) is 24.3. The Labute approximate surface area is 200 Å². The third-order valence-corrected chi connectivity index (χ3v) is 5.27. The second-order valence-corrected chi connectivity index (χ2v) is 8.04. The van der Waals surface area contributed by atoms with Crippen molar-refractivity contribution in [1.29, 1.82) is 0 Å². The molecule has 0 radical (unpaired) electrons. The van der Waals surface area contributed by atoms with Gasteiger partial charge in [-0.2, -0.15) is 0 Å². The number of nitrogens with two attached hydrogens (primary N) is 1. The Bertz CT molecular complexity index is 1310. The van der Waals surface area contributed by atoms with Crippen molar-refractivity contribution >= 4 is 29.1 Å². The highest BCUT2D eigenvalue weighted by Crippen LogP contribution is 2.41. The molecule has 2 amide bonds. The Balaban J connectivity index is 1.62. The maximum atomic E-state index is 13.7. The minimum absolute atomic E-state index is 0.0221. The maximum absolute atomic E-state index is 13.7. The van der Waals surface area contributed by atoms with Gasteiger partial charge in [-0.05, 0) is 43.2 Å². The molecule has 1 fully saturated rings. The van der Waals surface area contributed by atoms with Crippen LogP contribution in [0.2, 0.25) is 5.02 Å². The van der Waals surface area contributed by atoms with Crippen molar-refractivity contribution in [2.45, 2.75) is 25.1 Å². The number of halogens is 5. The molecule has 182 valence electrons. The van der Waals surface area contributed by atoms with E-state index in [2.05, 4.69) is 15.0 Å². The Morgan fingerprint density at radius 3 is 2.43 bits per heavy atom. The fraction of sp³-hybridized carbons (Fsp3) is 0.174. The standard InChI is InChI=1S/C23H16ClF4N3O4/c24-16-8-13(4-6-19(16)35-23(26,27)28)34-20-9-18(11-1-2-11)30-10-15(20)22(33)31-12-3-5-17(25)14(7-12)21(29)32/h3-11H,1-2H2,(H2,29,32)(H,31,33). The molecule has 0 atom stereocenters. The van der Waals surface area contributed by atoms with Crippen LogP contribution in [-0.2, 0) is 0 Å². The van der Waals surface area contributed by atoms with E-state index in [1.807, 2.05) is 0 Å². The normalized spacial score (nSPS) is 13.3. The summed E-state index contributed by atoms with van der Waals surface area (Å²) in [7, 11) is 0. The van der Waals surface area contributed by atoms with Gasteiger partial charge in [0.05, 0.1) is 10.6 Å². The molecular formula is C23H16ClF4N3O4. The largest absolute Gasteiger partial charge is 0.573 e. The van der Waals surface area contributed by atoms with Crippen LogP contribution in [0.4, 0.5) is 23.2 Å². The number of ether oxygens (including phenoxy) is 2. The van der Waals surface area contributed by atoms with Crippen LogP contribution in [0, 0.1) is 5.82 Å². The molecule has 1 aliphatic carbocycles. The van der Waals surface area contributed by atoms with E-state index >= 15 is 0 Å². The number of alkyl halides is 3. The molecule has 0 saturated heterocycles. The third-order valence-electron chi connectivity index (χ3n) is 4.97. The van der Waals surface area contributed by atoms with Gasteiger partial charge in [-0.3, -0.25) is 14.6 Å². The second-order valence-electron chi connectivity index (χ2n) is 7.63. The van der Waals surface area contributed by atoms with Crippen molar-refractivity contribution in [1.82, 2.24) is 4.98 Å². The Morgan fingerprint density at radius 2 is 1.80 bits per heavy atom. The van der Waals surface area contributed by atoms with Crippen LogP contribution < -0.4 is 20.5 Å². The second kappa shape index (κ2) is 9.41. The SMILES string of the molecule is NC(=O)c1cc(NC(=O)c2cnc(C3CC3)cc2Oc2ccc(OC(F)(F)F)c(Cl)c2)ccc1F. The van der Waals surface area contributed by atoms with E-state index in [-0.39, 0.29) is 33.7 Å². The zero-order chi connectivity index (χ0) is 25.3. The van der Waals surface area contributed by atoms with Crippen LogP contribution in [0.1, 0.15) is 45.2 Å². The zero-order valence-corrected chi connectivity index (χ0v) is 18.4. The highest BCUT2D eigenvalue weighted by atomic mass is 35.5. The van der Waals surface area contributed by atoms with E-state index in [0.29, 0.717) is 5.69 Å². The van der Waals surface area contributed by atoms with Crippen molar-refractivity contribution in [3.8, 4) is 17.2 Å². The Hall–Kier alpha value is -3.86. The van der Waals surface area contributed by atoms with Crippen molar-refractivity contribution in [3.63, 3.8) is 0 Å². The first-order valence-electron chi connectivity index (χ1n) is 10.1. The van der Waals surface area contributed by atoms with Gasteiger partial charge in [-0.1, -0.05) is 11.6 Å². The molecule has 0 bridgehead atoms. The molecule has 1 aromatic heterocycles. The fourth-order valence-electron chi connectivity index (χ4n) is 3.18. The van der Waals surface area contributed by atoms with Gasteiger partial charge in [0.15, 0.2) is 0 Å². The number of carbonyl (C=O) groups excluding carboxylic acids is 2. The molecule has 4 rings (SSSR count). The lowest BCUT2D eigenvalue weighted by molar-refractivity contribution is -0.274. The number of aromatic nitrogens is 1. The van der Waals surface area contributed by atoms with Gasteiger partial charge in [-0.15, -0.1) is 13.2 Å². The molecule has 35 heavy (non-hydrogen) atoms. The number of amides is 2. The number of hydrogen-bond acceptors (Lipinski definition) is 5. The van der Waals surface area contributed by atoms with Gasteiger partial charge in [0.1, 0.15) is 28.6 Å². The molecule has 3 aromatic rings. The minimum atomic E-state index is -4.92. The van der Waals surface area contributed by atoms with E-state index in [1.165, 1.54) is 18.3 Å². The van der Waals surface area contributed by atoms with Crippen LogP contribution in [0.25, 0.3) is 0 Å². The summed E-state index contributed by atoms with van der Waals surface area (Å²) < 4.78 is 60.8. The minimum Gasteiger partial charge on any atom is -0.456 e. The maximum Gasteiger partial charge on any atom is 0.573 e. The van der Waals surface area contributed by atoms with Gasteiger partial charge < -0.3 is 20.5 Å². The van der Waals surface area contributed by atoms with Crippen LogP contribution in [0.15, 0.2) is 48.7 Å². The number of nitrogens with zero attached hydrogens (tertiary/aromatic N) is 1. The molecule has 12 heteroatoms. The predicted molar refractivity (Wildman–Crippen MR) is 117 cm³/mol. The van der Waals surface area contributed by atoms with Crippen molar-refractivity contribution in [2.24, 2.45) is 5.73 Å². The summed E-state index contributed by atoms with van der Waals surface area (Å²) >= 11 is 5.89. The lowest BCUT2D eigenvalue weighted by atomic mass is 10.1. The monoisotopic (exact) mass is 509 g/mol. The average molecular weight is 510 g/mol. The smallest absolute Gasteiger partial charge is 0.456 e. The van der Waals surface area contributed by atoms with E-state index in [4.69, 9.17) is 22.1 Å². The summed E-state index contributed by atoms with van der Waals surface area (Å²) in [5.41, 5.74) is 5.49. The molecular weight excluding hydrogens is 494 g/mol. The molecule has 3 N–H and O–H groups in total. The number of pyridine rings is 1. The number of nitrogens with one attached hydrogen (secondary N) is 1. The van der Waals surface area contributed by atoms with Gasteiger partial charge >= 0.3 is 6.36 Å². The lowest BCUT2D eigenvalue weighted by Crippen LogP contribution is -2.17. The van der Waals surface area contributed by atoms with Gasteiger partial charge in [-0.25, -0.2) is 4.39 Å². The Kier molecular flexibility index (Phi) is 6.53. The Morgan fingerprint density at radius 1 is 1.06 bits per heavy atom. The first-order valence-corrected chi connectivity index (χ1v) is 10.5. The first-order chi connectivity index (χ1) is 16.5. The van der Waals surface area contributed by atoms with Crippen LogP contribution in [0.3, 0.4) is 0 Å². The fourth-order valence-corrected chi connectivity index (χ4v) is 3.39. The number of benzene rings is 2. The van der Waals surface area contributed by atoms with Gasteiger partial charge in [0.25, 0.3) is 11.8 Å². The summed E-state index contributed by atoms with van der Waals surface area (Å²) in [5.74, 6) is -2.84.